The highest BCUT2D eigenvalue weighted by Gasteiger charge is 2.09. The Hall–Kier alpha value is -1.03. The van der Waals surface area contributed by atoms with Gasteiger partial charge in [-0.25, -0.2) is 0 Å². The van der Waals surface area contributed by atoms with E-state index >= 15 is 0 Å². The van der Waals surface area contributed by atoms with Crippen LogP contribution in [0.25, 0.3) is 10.9 Å². The van der Waals surface area contributed by atoms with Crippen LogP contribution in [-0.2, 0) is 7.05 Å². The lowest BCUT2D eigenvalue weighted by Gasteiger charge is -2.05. The second-order valence-electron chi connectivity index (χ2n) is 2.79. The number of rotatable bonds is 1. The number of halogens is 1. The second kappa shape index (κ2) is 3.03. The van der Waals surface area contributed by atoms with Crippen molar-refractivity contribution in [2.75, 3.05) is 7.11 Å². The fourth-order valence-electron chi connectivity index (χ4n) is 1.40. The van der Waals surface area contributed by atoms with Crippen LogP contribution in [0.2, 0.25) is 0 Å². The second-order valence-corrected chi connectivity index (χ2v) is 3.64. The Morgan fingerprint density at radius 3 is 2.92 bits per heavy atom. The average Bonchev–Trinajstić information content (AvgIpc) is 2.49. The number of benzene rings is 1. The van der Waals surface area contributed by atoms with E-state index in [0.717, 1.165) is 21.1 Å². The quantitative estimate of drug-likeness (QED) is 0.766. The van der Waals surface area contributed by atoms with Crippen LogP contribution in [0.4, 0.5) is 0 Å². The minimum Gasteiger partial charge on any atom is -0.493 e. The van der Waals surface area contributed by atoms with Crippen LogP contribution >= 0.6 is 15.9 Å². The molecule has 0 fully saturated rings. The SMILES string of the molecule is COc1c(Br)ccc2cnn(C)c12. The Kier molecular flexibility index (Phi) is 2.00. The smallest absolute Gasteiger partial charge is 0.158 e. The van der Waals surface area contributed by atoms with Crippen molar-refractivity contribution in [1.29, 1.82) is 0 Å². The molecule has 0 aliphatic carbocycles. The number of ether oxygens (including phenoxy) is 1. The zero-order valence-electron chi connectivity index (χ0n) is 7.41. The van der Waals surface area contributed by atoms with Gasteiger partial charge in [0.15, 0.2) is 5.75 Å². The van der Waals surface area contributed by atoms with Crippen LogP contribution in [-0.4, -0.2) is 16.9 Å². The van der Waals surface area contributed by atoms with Crippen molar-refractivity contribution in [2.24, 2.45) is 7.05 Å². The van der Waals surface area contributed by atoms with Gasteiger partial charge in [0, 0.05) is 12.4 Å². The lowest BCUT2D eigenvalue weighted by molar-refractivity contribution is 0.414. The van der Waals surface area contributed by atoms with Gasteiger partial charge in [0.25, 0.3) is 0 Å². The molecule has 1 aromatic carbocycles. The summed E-state index contributed by atoms with van der Waals surface area (Å²) in [7, 11) is 3.56. The third-order valence-electron chi connectivity index (χ3n) is 2.01. The number of nitrogens with zero attached hydrogens (tertiary/aromatic N) is 2. The molecule has 1 heterocycles. The molecule has 68 valence electrons. The molecule has 3 nitrogen and oxygen atoms in total. The van der Waals surface area contributed by atoms with Gasteiger partial charge in [-0.15, -0.1) is 0 Å². The van der Waals surface area contributed by atoms with Gasteiger partial charge in [0.1, 0.15) is 5.52 Å². The Bertz CT molecular complexity index is 450. The number of fused-ring (bicyclic) bond motifs is 1. The zero-order valence-corrected chi connectivity index (χ0v) is 9.00. The summed E-state index contributed by atoms with van der Waals surface area (Å²) in [4.78, 5) is 0. The first-order chi connectivity index (χ1) is 6.24. The van der Waals surface area contributed by atoms with E-state index < -0.39 is 0 Å². The third kappa shape index (κ3) is 1.21. The number of hydrogen-bond acceptors (Lipinski definition) is 2. The summed E-state index contributed by atoms with van der Waals surface area (Å²) in [5, 5.41) is 5.25. The fourth-order valence-corrected chi connectivity index (χ4v) is 1.88. The van der Waals surface area contributed by atoms with Gasteiger partial charge in [0.2, 0.25) is 0 Å². The molecule has 4 heteroatoms. The van der Waals surface area contributed by atoms with Crippen molar-refractivity contribution in [3.05, 3.63) is 22.8 Å². The molecule has 0 saturated heterocycles. The molecule has 0 aliphatic heterocycles. The summed E-state index contributed by atoms with van der Waals surface area (Å²) in [6, 6.07) is 3.97. The predicted molar refractivity (Wildman–Crippen MR) is 55.0 cm³/mol. The van der Waals surface area contributed by atoms with E-state index in [1.807, 2.05) is 25.4 Å². The maximum absolute atomic E-state index is 5.29. The van der Waals surface area contributed by atoms with E-state index in [9.17, 15) is 0 Å². The Morgan fingerprint density at radius 1 is 1.46 bits per heavy atom. The van der Waals surface area contributed by atoms with Crippen molar-refractivity contribution < 1.29 is 4.74 Å². The average molecular weight is 241 g/mol. The van der Waals surface area contributed by atoms with Crippen molar-refractivity contribution in [2.45, 2.75) is 0 Å². The predicted octanol–water partition coefficient (Wildman–Crippen LogP) is 2.34. The molecule has 0 spiro atoms. The van der Waals surface area contributed by atoms with Crippen LogP contribution in [0.5, 0.6) is 5.75 Å². The summed E-state index contributed by atoms with van der Waals surface area (Å²) in [5.41, 5.74) is 1.01. The number of hydrogen-bond donors (Lipinski definition) is 0. The van der Waals surface area contributed by atoms with E-state index in [-0.39, 0.29) is 0 Å². The molecule has 2 rings (SSSR count). The van der Waals surface area contributed by atoms with Crippen molar-refractivity contribution in [3.63, 3.8) is 0 Å². The maximum Gasteiger partial charge on any atom is 0.158 e. The molecule has 0 amide bonds. The van der Waals surface area contributed by atoms with E-state index in [1.165, 1.54) is 0 Å². The first-order valence-corrected chi connectivity index (χ1v) is 4.67. The lowest BCUT2D eigenvalue weighted by Crippen LogP contribution is -1.93. The zero-order chi connectivity index (χ0) is 9.42. The fraction of sp³-hybridized carbons (Fsp3) is 0.222. The summed E-state index contributed by atoms with van der Waals surface area (Å²) in [5.74, 6) is 0.831. The van der Waals surface area contributed by atoms with Crippen LogP contribution < -0.4 is 4.74 Å². The number of aromatic nitrogens is 2. The van der Waals surface area contributed by atoms with Gasteiger partial charge in [-0.3, -0.25) is 4.68 Å². The van der Waals surface area contributed by atoms with E-state index in [2.05, 4.69) is 21.0 Å². The molecular formula is C9H9BrN2O. The molecular weight excluding hydrogens is 232 g/mol. The summed E-state index contributed by atoms with van der Waals surface area (Å²) in [6.45, 7) is 0. The first kappa shape index (κ1) is 8.56. The summed E-state index contributed by atoms with van der Waals surface area (Å²) >= 11 is 3.43. The molecule has 0 radical (unpaired) electrons. The number of aryl methyl sites for hydroxylation is 1. The normalized spacial score (nSPS) is 10.7. The van der Waals surface area contributed by atoms with Crippen molar-refractivity contribution in [3.8, 4) is 5.75 Å². The monoisotopic (exact) mass is 240 g/mol. The topological polar surface area (TPSA) is 27.1 Å². The summed E-state index contributed by atoms with van der Waals surface area (Å²) in [6.07, 6.45) is 1.82. The van der Waals surface area contributed by atoms with Gasteiger partial charge in [0.05, 0.1) is 17.8 Å². The summed E-state index contributed by atoms with van der Waals surface area (Å²) < 4.78 is 8.04. The molecule has 0 atom stereocenters. The minimum atomic E-state index is 0.831. The standard InChI is InChI=1S/C9H9BrN2O/c1-12-8-6(5-11-12)3-4-7(10)9(8)13-2/h3-5H,1-2H3. The first-order valence-electron chi connectivity index (χ1n) is 3.88. The molecule has 0 N–H and O–H groups in total. The van der Waals surface area contributed by atoms with E-state index in [1.54, 1.807) is 11.8 Å². The molecule has 0 saturated carbocycles. The van der Waals surface area contributed by atoms with Crippen molar-refractivity contribution >= 4 is 26.8 Å². The Morgan fingerprint density at radius 2 is 2.23 bits per heavy atom. The lowest BCUT2D eigenvalue weighted by atomic mass is 10.2. The molecule has 13 heavy (non-hydrogen) atoms. The molecule has 1 aromatic heterocycles. The Labute approximate surface area is 84.4 Å². The van der Waals surface area contributed by atoms with Gasteiger partial charge in [-0.05, 0) is 28.1 Å². The molecule has 0 bridgehead atoms. The highest BCUT2D eigenvalue weighted by molar-refractivity contribution is 9.10. The van der Waals surface area contributed by atoms with E-state index in [4.69, 9.17) is 4.74 Å². The molecule has 0 unspecified atom stereocenters. The molecule has 0 aliphatic rings. The van der Waals surface area contributed by atoms with Crippen LogP contribution in [0.3, 0.4) is 0 Å². The van der Waals surface area contributed by atoms with Gasteiger partial charge in [-0.2, -0.15) is 5.10 Å². The van der Waals surface area contributed by atoms with E-state index in [0.29, 0.717) is 0 Å². The van der Waals surface area contributed by atoms with Crippen molar-refractivity contribution in [1.82, 2.24) is 9.78 Å². The van der Waals surface area contributed by atoms with Gasteiger partial charge in [-0.1, -0.05) is 0 Å². The van der Waals surface area contributed by atoms with Gasteiger partial charge < -0.3 is 4.74 Å². The highest BCUT2D eigenvalue weighted by Crippen LogP contribution is 2.32. The largest absolute Gasteiger partial charge is 0.493 e. The van der Waals surface area contributed by atoms with Gasteiger partial charge >= 0.3 is 0 Å². The molecule has 2 aromatic rings. The number of methoxy groups -OCH3 is 1. The van der Waals surface area contributed by atoms with Crippen LogP contribution in [0.1, 0.15) is 0 Å². The highest BCUT2D eigenvalue weighted by atomic mass is 79.9. The minimum absolute atomic E-state index is 0.831. The van der Waals surface area contributed by atoms with Crippen LogP contribution in [0.15, 0.2) is 22.8 Å². The maximum atomic E-state index is 5.29. The third-order valence-corrected chi connectivity index (χ3v) is 2.64. The van der Waals surface area contributed by atoms with Crippen LogP contribution in [0, 0.1) is 0 Å². The Balaban J connectivity index is 2.88.